The number of ether oxygens (including phenoxy) is 1. The number of anilines is 1. The van der Waals surface area contributed by atoms with Crippen LogP contribution in [0.4, 0.5) is 32.0 Å². The summed E-state index contributed by atoms with van der Waals surface area (Å²) in [7, 11) is 3.92. The number of piperazine rings is 1. The molecule has 3 aliphatic rings. The number of likely N-dealkylation sites (tertiary alicyclic amines) is 1. The number of halogens is 6. The normalized spacial score (nSPS) is 17.3. The van der Waals surface area contributed by atoms with Gasteiger partial charge in [-0.05, 0) is 57.2 Å². The zero-order chi connectivity index (χ0) is 37.5. The monoisotopic (exact) mass is 727 g/mol. The Morgan fingerprint density at radius 1 is 0.863 bits per heavy atom. The highest BCUT2D eigenvalue weighted by Gasteiger charge is 2.39. The summed E-state index contributed by atoms with van der Waals surface area (Å²) in [4.78, 5) is 45.8. The minimum Gasteiger partial charge on any atom is -0.496 e. The number of fused-ring (bicyclic) bond motifs is 2. The summed E-state index contributed by atoms with van der Waals surface area (Å²) in [5, 5.41) is 15.4. The van der Waals surface area contributed by atoms with Crippen molar-refractivity contribution >= 4 is 34.4 Å². The molecule has 3 aromatic rings. The second-order valence-corrected chi connectivity index (χ2v) is 12.3. The van der Waals surface area contributed by atoms with E-state index >= 15 is 0 Å². The number of nitrogens with zero attached hydrogens (tertiary/aromatic N) is 5. The summed E-state index contributed by atoms with van der Waals surface area (Å²) >= 11 is 0. The predicted molar refractivity (Wildman–Crippen MR) is 175 cm³/mol. The number of aromatic nitrogens is 1. The number of methoxy groups -OCH3 is 1. The van der Waals surface area contributed by atoms with Crippen molar-refractivity contribution in [2.45, 2.75) is 44.2 Å². The summed E-state index contributed by atoms with van der Waals surface area (Å²) in [5.41, 5.74) is 4.93. The first-order valence-electron chi connectivity index (χ1n) is 16.1. The van der Waals surface area contributed by atoms with Crippen LogP contribution in [0.5, 0.6) is 5.75 Å². The molecular weight excluding hydrogens is 688 g/mol. The summed E-state index contributed by atoms with van der Waals surface area (Å²) in [5.74, 6) is -4.59. The lowest BCUT2D eigenvalue weighted by atomic mass is 10.0. The summed E-state index contributed by atoms with van der Waals surface area (Å²) in [6.45, 7) is 7.64. The molecule has 0 aliphatic carbocycles. The number of carboxylic acids is 2. The fourth-order valence-corrected chi connectivity index (χ4v) is 6.25. The SMILES string of the molecule is COc1ccc(N2CCN(C3CCN(C)CC3)CC2)c2c1CN(CCc1ccc3ccccc3n1)C2=O.O=C(O)C(F)(F)F.O=C(O)C(F)(F)F. The fourth-order valence-electron chi connectivity index (χ4n) is 6.25. The van der Waals surface area contributed by atoms with Crippen LogP contribution in [-0.4, -0.2) is 126 Å². The van der Waals surface area contributed by atoms with E-state index in [1.165, 1.54) is 25.9 Å². The highest BCUT2D eigenvalue weighted by atomic mass is 19.4. The lowest BCUT2D eigenvalue weighted by Gasteiger charge is -2.43. The Hall–Kier alpha value is -4.64. The van der Waals surface area contributed by atoms with Crippen LogP contribution >= 0.6 is 0 Å². The molecule has 4 heterocycles. The molecule has 0 spiro atoms. The quantitative estimate of drug-likeness (QED) is 0.338. The van der Waals surface area contributed by atoms with Gasteiger partial charge in [-0.15, -0.1) is 0 Å². The van der Waals surface area contributed by atoms with Crippen molar-refractivity contribution < 1.29 is 55.7 Å². The van der Waals surface area contributed by atoms with Gasteiger partial charge >= 0.3 is 24.3 Å². The Kier molecular flexibility index (Phi) is 12.7. The van der Waals surface area contributed by atoms with Crippen LogP contribution in [-0.2, 0) is 22.6 Å². The van der Waals surface area contributed by atoms with Gasteiger partial charge in [0.1, 0.15) is 5.75 Å². The number of carbonyl (C=O) groups excluding carboxylic acids is 1. The van der Waals surface area contributed by atoms with E-state index < -0.39 is 24.3 Å². The van der Waals surface area contributed by atoms with Crippen molar-refractivity contribution in [2.24, 2.45) is 0 Å². The van der Waals surface area contributed by atoms with Gasteiger partial charge in [-0.1, -0.05) is 24.3 Å². The number of amides is 1. The number of benzene rings is 2. The third-order valence-corrected chi connectivity index (χ3v) is 8.96. The maximum Gasteiger partial charge on any atom is 0.490 e. The van der Waals surface area contributed by atoms with Crippen molar-refractivity contribution in [1.82, 2.24) is 19.7 Å². The number of carboxylic acid groups (broad SMARTS) is 2. The number of pyridine rings is 1. The van der Waals surface area contributed by atoms with Gasteiger partial charge in [0.15, 0.2) is 0 Å². The van der Waals surface area contributed by atoms with Crippen molar-refractivity contribution in [3.05, 3.63) is 65.4 Å². The minimum atomic E-state index is -5.08. The summed E-state index contributed by atoms with van der Waals surface area (Å²) in [6, 6.07) is 17.2. The average Bonchev–Trinajstić information content (AvgIpc) is 3.43. The van der Waals surface area contributed by atoms with Crippen molar-refractivity contribution in [2.75, 3.05) is 64.9 Å². The van der Waals surface area contributed by atoms with Crippen LogP contribution in [0.25, 0.3) is 10.9 Å². The van der Waals surface area contributed by atoms with E-state index in [0.29, 0.717) is 19.1 Å². The van der Waals surface area contributed by atoms with Crippen LogP contribution in [0.15, 0.2) is 48.5 Å². The molecule has 11 nitrogen and oxygen atoms in total. The largest absolute Gasteiger partial charge is 0.496 e. The maximum atomic E-state index is 13.7. The van der Waals surface area contributed by atoms with Gasteiger partial charge in [0, 0.05) is 61.8 Å². The zero-order valence-electron chi connectivity index (χ0n) is 28.0. The topological polar surface area (TPSA) is 127 Å². The molecule has 51 heavy (non-hydrogen) atoms. The van der Waals surface area contributed by atoms with Crippen LogP contribution in [0.3, 0.4) is 0 Å². The molecule has 0 atom stereocenters. The Bertz CT molecular complexity index is 1660. The fraction of sp³-hybridized carbons (Fsp3) is 0.471. The number of hydrogen-bond donors (Lipinski definition) is 2. The van der Waals surface area contributed by atoms with Crippen molar-refractivity contribution in [3.8, 4) is 5.75 Å². The van der Waals surface area contributed by atoms with Crippen molar-refractivity contribution in [3.63, 3.8) is 0 Å². The number of carbonyl (C=O) groups is 3. The summed E-state index contributed by atoms with van der Waals surface area (Å²) in [6.07, 6.45) is -6.92. The third kappa shape index (κ3) is 10.2. The smallest absolute Gasteiger partial charge is 0.490 e. The first-order valence-corrected chi connectivity index (χ1v) is 16.1. The molecule has 2 N–H and O–H groups in total. The van der Waals surface area contributed by atoms with Crippen LogP contribution in [0, 0.1) is 0 Å². The first kappa shape index (κ1) is 39.2. The van der Waals surface area contributed by atoms with Crippen LogP contribution in [0.1, 0.15) is 34.5 Å². The number of piperidine rings is 1. The van der Waals surface area contributed by atoms with E-state index in [1.807, 2.05) is 29.2 Å². The second-order valence-electron chi connectivity index (χ2n) is 12.3. The third-order valence-electron chi connectivity index (χ3n) is 8.96. The number of hydrogen-bond acceptors (Lipinski definition) is 8. The standard InChI is InChI=1S/C30H37N5O2.2C2HF3O2/c1-32-14-12-24(13-15-32)33-17-19-34(20-18-33)27-9-10-28(37-2)25-21-35(30(36)29(25)27)16-11-23-8-7-22-5-3-4-6-26(22)31-23;2*3-2(4,5)1(6)7/h3-10,24H,11-21H2,1-2H3;2*(H,6,7). The van der Waals surface area contributed by atoms with E-state index in [1.54, 1.807) is 7.11 Å². The van der Waals surface area contributed by atoms with Gasteiger partial charge in [-0.2, -0.15) is 26.3 Å². The van der Waals surface area contributed by atoms with E-state index in [0.717, 1.165) is 71.8 Å². The molecule has 2 saturated heterocycles. The number of para-hydroxylation sites is 1. The van der Waals surface area contributed by atoms with Gasteiger partial charge in [0.2, 0.25) is 0 Å². The molecule has 2 aromatic carbocycles. The molecule has 1 amide bonds. The molecule has 6 rings (SSSR count). The van der Waals surface area contributed by atoms with E-state index in [4.69, 9.17) is 29.5 Å². The van der Waals surface area contributed by atoms with Gasteiger partial charge in [0.25, 0.3) is 5.91 Å². The van der Waals surface area contributed by atoms with Gasteiger partial charge in [0.05, 0.1) is 30.4 Å². The van der Waals surface area contributed by atoms with Crippen molar-refractivity contribution in [1.29, 1.82) is 0 Å². The highest BCUT2D eigenvalue weighted by Crippen LogP contribution is 2.38. The van der Waals surface area contributed by atoms with Crippen LogP contribution in [0.2, 0.25) is 0 Å². The lowest BCUT2D eigenvalue weighted by molar-refractivity contribution is -0.193. The molecule has 17 heteroatoms. The summed E-state index contributed by atoms with van der Waals surface area (Å²) < 4.78 is 69.2. The van der Waals surface area contributed by atoms with Gasteiger partial charge < -0.3 is 29.6 Å². The van der Waals surface area contributed by atoms with E-state index in [-0.39, 0.29) is 5.91 Å². The molecule has 278 valence electrons. The molecular formula is C34H39F6N5O6. The zero-order valence-corrected chi connectivity index (χ0v) is 28.0. The lowest BCUT2D eigenvalue weighted by Crippen LogP contribution is -2.53. The highest BCUT2D eigenvalue weighted by molar-refractivity contribution is 6.04. The maximum absolute atomic E-state index is 13.7. The molecule has 3 aliphatic heterocycles. The minimum absolute atomic E-state index is 0.113. The molecule has 0 radical (unpaired) electrons. The molecule has 0 unspecified atom stereocenters. The Morgan fingerprint density at radius 2 is 1.45 bits per heavy atom. The molecule has 0 bridgehead atoms. The Labute approximate surface area is 290 Å². The first-order chi connectivity index (χ1) is 24.0. The number of rotatable bonds is 6. The Balaban J connectivity index is 0.000000353. The predicted octanol–water partition coefficient (Wildman–Crippen LogP) is 4.92. The van der Waals surface area contributed by atoms with Gasteiger partial charge in [-0.3, -0.25) is 14.7 Å². The Morgan fingerprint density at radius 3 is 2.02 bits per heavy atom. The second kappa shape index (κ2) is 16.6. The van der Waals surface area contributed by atoms with E-state index in [9.17, 15) is 31.1 Å². The average molecular weight is 728 g/mol. The van der Waals surface area contributed by atoms with Gasteiger partial charge in [-0.25, -0.2) is 9.59 Å². The molecule has 0 saturated carbocycles. The number of aliphatic carboxylic acids is 2. The molecule has 1 aromatic heterocycles. The molecule has 2 fully saturated rings. The number of alkyl halides is 6. The van der Waals surface area contributed by atoms with E-state index in [2.05, 4.69) is 46.0 Å². The van der Waals surface area contributed by atoms with Crippen LogP contribution < -0.4 is 9.64 Å².